The van der Waals surface area contributed by atoms with E-state index in [1.54, 1.807) is 0 Å². The van der Waals surface area contributed by atoms with Gasteiger partial charge < -0.3 is 5.48 Å². The van der Waals surface area contributed by atoms with Gasteiger partial charge in [0.15, 0.2) is 0 Å². The molecule has 1 heterocycles. The molecule has 0 fully saturated rings. The molecule has 1 aromatic heterocycles. The van der Waals surface area contributed by atoms with E-state index in [1.165, 1.54) is 11.1 Å². The topological polar surface area (TPSA) is 44.4 Å². The maximum atomic E-state index is 3.97. The Kier molecular flexibility index (Phi) is 3.17. The van der Waals surface area contributed by atoms with Crippen molar-refractivity contribution in [1.82, 2.24) is 4.98 Å². The summed E-state index contributed by atoms with van der Waals surface area (Å²) in [5.41, 5.74) is 2.45. The summed E-state index contributed by atoms with van der Waals surface area (Å²) in [5.74, 6) is 0. The van der Waals surface area contributed by atoms with Crippen LogP contribution >= 0.6 is 0 Å². The van der Waals surface area contributed by atoms with Gasteiger partial charge in [0.2, 0.25) is 0 Å². The molecule has 2 rings (SSSR count). The molecule has 0 atom stereocenters. The Balaban J connectivity index is 0.000000845. The van der Waals surface area contributed by atoms with Crippen LogP contribution in [0.2, 0.25) is 0 Å². The van der Waals surface area contributed by atoms with Crippen LogP contribution in [0.25, 0.3) is 11.1 Å². The van der Waals surface area contributed by atoms with E-state index in [0.29, 0.717) is 0 Å². The minimum atomic E-state index is 0. The van der Waals surface area contributed by atoms with Gasteiger partial charge in [-0.2, -0.15) is 0 Å². The summed E-state index contributed by atoms with van der Waals surface area (Å²) < 4.78 is 0. The average Bonchev–Trinajstić information content (AvgIpc) is 2.21. The second kappa shape index (κ2) is 4.38. The zero-order valence-corrected chi connectivity index (χ0v) is 7.14. The lowest BCUT2D eigenvalue weighted by atomic mass is 10.1. The molecule has 2 aromatic rings. The zero-order valence-electron chi connectivity index (χ0n) is 7.14. The first-order valence-corrected chi connectivity index (χ1v) is 3.92. The fraction of sp³-hybridized carbons (Fsp3) is 0. The minimum Gasteiger partial charge on any atom is -0.412 e. The smallest absolute Gasteiger partial charge is 0.0273 e. The summed E-state index contributed by atoms with van der Waals surface area (Å²) in [6, 6.07) is 14.3. The molecule has 2 nitrogen and oxygen atoms in total. The average molecular weight is 173 g/mol. The van der Waals surface area contributed by atoms with E-state index >= 15 is 0 Å². The lowest BCUT2D eigenvalue weighted by Crippen LogP contribution is -1.76. The third kappa shape index (κ3) is 2.13. The molecule has 0 aliphatic heterocycles. The van der Waals surface area contributed by atoms with Crippen LogP contribution in [0.3, 0.4) is 0 Å². The predicted molar refractivity (Wildman–Crippen MR) is 53.3 cm³/mol. The minimum absolute atomic E-state index is 0. The molecule has 2 heteroatoms. The number of rotatable bonds is 1. The summed E-state index contributed by atoms with van der Waals surface area (Å²) in [6.07, 6.45) is 3.62. The Hall–Kier alpha value is -1.67. The number of pyridine rings is 1. The molecular formula is C11H11NO. The maximum absolute atomic E-state index is 3.97. The third-order valence-electron chi connectivity index (χ3n) is 1.79. The Morgan fingerprint density at radius 2 is 1.23 bits per heavy atom. The Morgan fingerprint density at radius 3 is 1.85 bits per heavy atom. The van der Waals surface area contributed by atoms with Crippen LogP contribution in [0.15, 0.2) is 54.9 Å². The highest BCUT2D eigenvalue weighted by molar-refractivity contribution is 5.62. The summed E-state index contributed by atoms with van der Waals surface area (Å²) in [4.78, 5) is 3.97. The highest BCUT2D eigenvalue weighted by atomic mass is 16.0. The van der Waals surface area contributed by atoms with E-state index in [0.717, 1.165) is 0 Å². The molecule has 0 saturated carbocycles. The molecule has 0 unspecified atom stereocenters. The van der Waals surface area contributed by atoms with Gasteiger partial charge in [-0.05, 0) is 23.3 Å². The zero-order chi connectivity index (χ0) is 8.23. The van der Waals surface area contributed by atoms with E-state index in [9.17, 15) is 0 Å². The van der Waals surface area contributed by atoms with Gasteiger partial charge >= 0.3 is 0 Å². The highest BCUT2D eigenvalue weighted by Gasteiger charge is 1.92. The number of hydrogen-bond acceptors (Lipinski definition) is 1. The Labute approximate surface area is 77.2 Å². The van der Waals surface area contributed by atoms with Gasteiger partial charge in [-0.25, -0.2) is 0 Å². The summed E-state index contributed by atoms with van der Waals surface area (Å²) in [5, 5.41) is 0. The molecule has 2 N–H and O–H groups in total. The van der Waals surface area contributed by atoms with Crippen LogP contribution < -0.4 is 0 Å². The number of benzene rings is 1. The summed E-state index contributed by atoms with van der Waals surface area (Å²) >= 11 is 0. The van der Waals surface area contributed by atoms with E-state index in [2.05, 4.69) is 17.1 Å². The van der Waals surface area contributed by atoms with E-state index in [4.69, 9.17) is 0 Å². The van der Waals surface area contributed by atoms with E-state index in [1.807, 2.05) is 42.7 Å². The van der Waals surface area contributed by atoms with Crippen molar-refractivity contribution in [3.8, 4) is 11.1 Å². The van der Waals surface area contributed by atoms with Crippen molar-refractivity contribution in [2.75, 3.05) is 0 Å². The molecule has 0 saturated heterocycles. The van der Waals surface area contributed by atoms with Gasteiger partial charge in [0.05, 0.1) is 0 Å². The molecule has 1 aromatic carbocycles. The molecule has 66 valence electrons. The quantitative estimate of drug-likeness (QED) is 0.649. The first-order chi connectivity index (χ1) is 5.97. The molecule has 13 heavy (non-hydrogen) atoms. The van der Waals surface area contributed by atoms with Crippen LogP contribution in [0.1, 0.15) is 0 Å². The van der Waals surface area contributed by atoms with Gasteiger partial charge in [0.1, 0.15) is 0 Å². The fourth-order valence-electron chi connectivity index (χ4n) is 1.17. The molecule has 0 amide bonds. The van der Waals surface area contributed by atoms with Crippen molar-refractivity contribution in [3.63, 3.8) is 0 Å². The van der Waals surface area contributed by atoms with Gasteiger partial charge in [-0.3, -0.25) is 4.98 Å². The Bertz CT molecular complexity index is 307. The van der Waals surface area contributed by atoms with Crippen molar-refractivity contribution in [3.05, 3.63) is 54.9 Å². The van der Waals surface area contributed by atoms with Gasteiger partial charge in [-0.15, -0.1) is 0 Å². The van der Waals surface area contributed by atoms with Crippen molar-refractivity contribution in [2.24, 2.45) is 0 Å². The summed E-state index contributed by atoms with van der Waals surface area (Å²) in [7, 11) is 0. The second-order valence-electron chi connectivity index (χ2n) is 2.60. The molecule has 0 aliphatic carbocycles. The van der Waals surface area contributed by atoms with Crippen LogP contribution in [0.5, 0.6) is 0 Å². The molecule has 0 bridgehead atoms. The Morgan fingerprint density at radius 1 is 0.692 bits per heavy atom. The lowest BCUT2D eigenvalue weighted by molar-refractivity contribution is 0.824. The van der Waals surface area contributed by atoms with Crippen LogP contribution in [-0.4, -0.2) is 10.5 Å². The van der Waals surface area contributed by atoms with Crippen molar-refractivity contribution in [2.45, 2.75) is 0 Å². The second-order valence-corrected chi connectivity index (χ2v) is 2.60. The van der Waals surface area contributed by atoms with Gasteiger partial charge in [0, 0.05) is 12.4 Å². The largest absolute Gasteiger partial charge is 0.412 e. The van der Waals surface area contributed by atoms with Crippen LogP contribution in [0, 0.1) is 0 Å². The number of aromatic nitrogens is 1. The lowest BCUT2D eigenvalue weighted by Gasteiger charge is -1.98. The first kappa shape index (κ1) is 9.42. The number of nitrogens with zero attached hydrogens (tertiary/aromatic N) is 1. The standard InChI is InChI=1S/C11H9N.H2O/c1-2-4-10(5-3-1)11-6-8-12-9-7-11;/h1-9H;1H2. The highest BCUT2D eigenvalue weighted by Crippen LogP contribution is 2.16. The van der Waals surface area contributed by atoms with Crippen molar-refractivity contribution >= 4 is 0 Å². The number of hydrogen-bond donors (Lipinski definition) is 0. The SMILES string of the molecule is O.c1ccc(-c2ccncc2)cc1. The molecular weight excluding hydrogens is 162 g/mol. The maximum Gasteiger partial charge on any atom is 0.0273 e. The monoisotopic (exact) mass is 173 g/mol. The molecule has 0 spiro atoms. The molecule has 0 radical (unpaired) electrons. The van der Waals surface area contributed by atoms with Gasteiger partial charge in [-0.1, -0.05) is 30.3 Å². The van der Waals surface area contributed by atoms with E-state index in [-0.39, 0.29) is 5.48 Å². The van der Waals surface area contributed by atoms with Crippen LogP contribution in [-0.2, 0) is 0 Å². The van der Waals surface area contributed by atoms with Crippen molar-refractivity contribution < 1.29 is 5.48 Å². The van der Waals surface area contributed by atoms with Crippen LogP contribution in [0.4, 0.5) is 0 Å². The third-order valence-corrected chi connectivity index (χ3v) is 1.79. The first-order valence-electron chi connectivity index (χ1n) is 3.92. The van der Waals surface area contributed by atoms with Crippen molar-refractivity contribution in [1.29, 1.82) is 0 Å². The fourth-order valence-corrected chi connectivity index (χ4v) is 1.17. The molecule has 0 aliphatic rings. The predicted octanol–water partition coefficient (Wildman–Crippen LogP) is 1.92. The van der Waals surface area contributed by atoms with E-state index < -0.39 is 0 Å². The van der Waals surface area contributed by atoms with Gasteiger partial charge in [0.25, 0.3) is 0 Å². The summed E-state index contributed by atoms with van der Waals surface area (Å²) in [6.45, 7) is 0. The normalized spacial score (nSPS) is 8.92.